The average Bonchev–Trinajstić information content (AvgIpc) is 2.84. The first-order valence-corrected chi connectivity index (χ1v) is 6.64. The van der Waals surface area contributed by atoms with Crippen molar-refractivity contribution in [1.82, 2.24) is 4.90 Å². The van der Waals surface area contributed by atoms with Crippen LogP contribution in [-0.4, -0.2) is 38.1 Å². The van der Waals surface area contributed by atoms with E-state index < -0.39 is 5.82 Å². The van der Waals surface area contributed by atoms with Crippen molar-refractivity contribution in [3.8, 4) is 0 Å². The predicted octanol–water partition coefficient (Wildman–Crippen LogP) is 2.59. The quantitative estimate of drug-likeness (QED) is 0.855. The van der Waals surface area contributed by atoms with Crippen LogP contribution in [-0.2, 0) is 0 Å². The van der Waals surface area contributed by atoms with E-state index in [1.165, 1.54) is 32.0 Å². The van der Waals surface area contributed by atoms with Crippen molar-refractivity contribution in [3.05, 3.63) is 23.0 Å². The maximum atomic E-state index is 13.2. The van der Waals surface area contributed by atoms with E-state index in [9.17, 15) is 4.39 Å². The van der Waals surface area contributed by atoms with Gasteiger partial charge in [0.1, 0.15) is 5.82 Å². The van der Waals surface area contributed by atoms with E-state index in [2.05, 4.69) is 4.90 Å². The third-order valence-electron chi connectivity index (χ3n) is 3.43. The fraction of sp³-hybridized carbons (Fsp3) is 0.538. The van der Waals surface area contributed by atoms with Crippen LogP contribution in [0.1, 0.15) is 12.8 Å². The van der Waals surface area contributed by atoms with Gasteiger partial charge < -0.3 is 15.5 Å². The highest BCUT2D eigenvalue weighted by molar-refractivity contribution is 6.31. The molecule has 1 fully saturated rings. The van der Waals surface area contributed by atoms with Gasteiger partial charge >= 0.3 is 0 Å². The third kappa shape index (κ3) is 3.06. The lowest BCUT2D eigenvalue weighted by molar-refractivity contribution is 0.346. The minimum atomic E-state index is -0.467. The van der Waals surface area contributed by atoms with Crippen molar-refractivity contribution in [2.75, 3.05) is 43.9 Å². The molecule has 5 heteroatoms. The molecule has 1 aromatic rings. The van der Waals surface area contributed by atoms with E-state index in [-0.39, 0.29) is 5.02 Å². The molecule has 0 spiro atoms. The SMILES string of the molecule is CN(CCN1CCCC1)c1cc(Cl)c(F)cc1N. The second-order valence-electron chi connectivity index (χ2n) is 4.80. The molecule has 1 aliphatic heterocycles. The summed E-state index contributed by atoms with van der Waals surface area (Å²) in [6.07, 6.45) is 2.57. The highest BCUT2D eigenvalue weighted by atomic mass is 35.5. The zero-order chi connectivity index (χ0) is 13.1. The zero-order valence-corrected chi connectivity index (χ0v) is 11.4. The summed E-state index contributed by atoms with van der Waals surface area (Å²) < 4.78 is 13.2. The molecule has 2 N–H and O–H groups in total. The molecule has 1 aromatic carbocycles. The lowest BCUT2D eigenvalue weighted by Crippen LogP contribution is -2.31. The summed E-state index contributed by atoms with van der Waals surface area (Å²) in [7, 11) is 1.95. The van der Waals surface area contributed by atoms with Gasteiger partial charge in [-0.25, -0.2) is 4.39 Å². The minimum Gasteiger partial charge on any atom is -0.397 e. The molecule has 2 rings (SSSR count). The number of nitrogens with zero attached hydrogens (tertiary/aromatic N) is 2. The maximum Gasteiger partial charge on any atom is 0.143 e. The van der Waals surface area contributed by atoms with Gasteiger partial charge in [-0.1, -0.05) is 11.6 Å². The van der Waals surface area contributed by atoms with Crippen LogP contribution in [0.2, 0.25) is 5.02 Å². The number of hydrogen-bond donors (Lipinski definition) is 1. The van der Waals surface area contributed by atoms with Crippen LogP contribution >= 0.6 is 11.6 Å². The lowest BCUT2D eigenvalue weighted by Gasteiger charge is -2.24. The maximum absolute atomic E-state index is 13.2. The molecule has 0 unspecified atom stereocenters. The first-order valence-electron chi connectivity index (χ1n) is 6.26. The van der Waals surface area contributed by atoms with E-state index in [0.717, 1.165) is 18.8 Å². The molecule has 0 atom stereocenters. The van der Waals surface area contributed by atoms with Crippen molar-refractivity contribution >= 4 is 23.0 Å². The molecule has 0 radical (unpaired) electrons. The number of likely N-dealkylation sites (N-methyl/N-ethyl adjacent to an activating group) is 1. The van der Waals surface area contributed by atoms with Gasteiger partial charge in [0.05, 0.1) is 16.4 Å². The Labute approximate surface area is 112 Å². The highest BCUT2D eigenvalue weighted by Gasteiger charge is 2.14. The molecular formula is C13H19ClFN3. The average molecular weight is 272 g/mol. The molecule has 0 amide bonds. The Balaban J connectivity index is 1.99. The van der Waals surface area contributed by atoms with Gasteiger partial charge in [-0.3, -0.25) is 0 Å². The van der Waals surface area contributed by atoms with Crippen molar-refractivity contribution in [3.63, 3.8) is 0 Å². The molecular weight excluding hydrogens is 253 g/mol. The number of hydrogen-bond acceptors (Lipinski definition) is 3. The topological polar surface area (TPSA) is 32.5 Å². The molecule has 1 heterocycles. The van der Waals surface area contributed by atoms with Gasteiger partial charge in [0.25, 0.3) is 0 Å². The van der Waals surface area contributed by atoms with E-state index in [1.807, 2.05) is 11.9 Å². The fourth-order valence-electron chi connectivity index (χ4n) is 2.30. The van der Waals surface area contributed by atoms with Gasteiger partial charge in [0.15, 0.2) is 0 Å². The first-order chi connectivity index (χ1) is 8.58. The molecule has 1 aliphatic rings. The standard InChI is InChI=1S/C13H19ClFN3/c1-17(6-7-18-4-2-3-5-18)13-8-10(14)11(15)9-12(13)16/h8-9H,2-7,16H2,1H3. The Morgan fingerprint density at radius 2 is 2.06 bits per heavy atom. The van der Waals surface area contributed by atoms with E-state index in [4.69, 9.17) is 17.3 Å². The summed E-state index contributed by atoms with van der Waals surface area (Å²) >= 11 is 5.79. The summed E-state index contributed by atoms with van der Waals surface area (Å²) in [4.78, 5) is 4.46. The van der Waals surface area contributed by atoms with Crippen molar-refractivity contribution in [2.24, 2.45) is 0 Å². The smallest absolute Gasteiger partial charge is 0.143 e. The van der Waals surface area contributed by atoms with Crippen molar-refractivity contribution < 1.29 is 4.39 Å². The molecule has 0 bridgehead atoms. The highest BCUT2D eigenvalue weighted by Crippen LogP contribution is 2.28. The Kier molecular flexibility index (Phi) is 4.30. The summed E-state index contributed by atoms with van der Waals surface area (Å²) in [5.74, 6) is -0.467. The van der Waals surface area contributed by atoms with Gasteiger partial charge in [0.2, 0.25) is 0 Å². The fourth-order valence-corrected chi connectivity index (χ4v) is 2.46. The Bertz CT molecular complexity index is 419. The number of nitrogens with two attached hydrogens (primary N) is 1. The van der Waals surface area contributed by atoms with Crippen LogP contribution in [0.15, 0.2) is 12.1 Å². The molecule has 0 aliphatic carbocycles. The van der Waals surface area contributed by atoms with Crippen LogP contribution in [0.5, 0.6) is 0 Å². The molecule has 3 nitrogen and oxygen atoms in total. The first kappa shape index (κ1) is 13.4. The monoisotopic (exact) mass is 271 g/mol. The normalized spacial score (nSPS) is 16.2. The molecule has 100 valence electrons. The van der Waals surface area contributed by atoms with Crippen LogP contribution in [0.3, 0.4) is 0 Å². The number of halogens is 2. The van der Waals surface area contributed by atoms with Crippen molar-refractivity contribution in [2.45, 2.75) is 12.8 Å². The molecule has 0 saturated carbocycles. The van der Waals surface area contributed by atoms with Gasteiger partial charge in [-0.05, 0) is 32.0 Å². The second-order valence-corrected chi connectivity index (χ2v) is 5.20. The van der Waals surface area contributed by atoms with Crippen LogP contribution in [0.4, 0.5) is 15.8 Å². The Hall–Kier alpha value is -1.00. The van der Waals surface area contributed by atoms with Crippen LogP contribution < -0.4 is 10.6 Å². The summed E-state index contributed by atoms with van der Waals surface area (Å²) in [6.45, 7) is 4.22. The van der Waals surface area contributed by atoms with Crippen molar-refractivity contribution in [1.29, 1.82) is 0 Å². The Morgan fingerprint density at radius 3 is 2.72 bits per heavy atom. The lowest BCUT2D eigenvalue weighted by atomic mass is 10.2. The largest absolute Gasteiger partial charge is 0.397 e. The number of anilines is 2. The molecule has 0 aromatic heterocycles. The van der Waals surface area contributed by atoms with Gasteiger partial charge in [0, 0.05) is 26.2 Å². The van der Waals surface area contributed by atoms with E-state index in [0.29, 0.717) is 5.69 Å². The van der Waals surface area contributed by atoms with Gasteiger partial charge in [-0.15, -0.1) is 0 Å². The van der Waals surface area contributed by atoms with Crippen LogP contribution in [0.25, 0.3) is 0 Å². The van der Waals surface area contributed by atoms with E-state index in [1.54, 1.807) is 6.07 Å². The second kappa shape index (κ2) is 5.76. The molecule has 18 heavy (non-hydrogen) atoms. The minimum absolute atomic E-state index is 0.118. The number of likely N-dealkylation sites (tertiary alicyclic amines) is 1. The summed E-state index contributed by atoms with van der Waals surface area (Å²) in [5, 5.41) is 0.118. The number of benzene rings is 1. The Morgan fingerprint density at radius 1 is 1.39 bits per heavy atom. The molecule has 1 saturated heterocycles. The zero-order valence-electron chi connectivity index (χ0n) is 10.6. The van der Waals surface area contributed by atoms with Crippen LogP contribution in [0, 0.1) is 5.82 Å². The number of rotatable bonds is 4. The summed E-state index contributed by atoms with van der Waals surface area (Å²) in [6, 6.07) is 2.88. The number of nitrogen functional groups attached to an aromatic ring is 1. The summed E-state index contributed by atoms with van der Waals surface area (Å²) in [5.41, 5.74) is 7.04. The predicted molar refractivity (Wildman–Crippen MR) is 74.8 cm³/mol. The third-order valence-corrected chi connectivity index (χ3v) is 3.72. The van der Waals surface area contributed by atoms with Gasteiger partial charge in [-0.2, -0.15) is 0 Å². The van der Waals surface area contributed by atoms with E-state index >= 15 is 0 Å².